The lowest BCUT2D eigenvalue weighted by molar-refractivity contribution is 0.166. The number of rotatable bonds is 1. The molecule has 0 spiro atoms. The van der Waals surface area contributed by atoms with E-state index < -0.39 is 0 Å². The molecule has 2 rings (SSSR count). The van der Waals surface area contributed by atoms with Gasteiger partial charge in [0.2, 0.25) is 0 Å². The molecule has 1 aliphatic rings. The van der Waals surface area contributed by atoms with Crippen molar-refractivity contribution < 1.29 is 4.84 Å². The van der Waals surface area contributed by atoms with Crippen LogP contribution in [0, 0.1) is 6.92 Å². The van der Waals surface area contributed by atoms with Gasteiger partial charge in [0.25, 0.3) is 0 Å². The molecule has 2 heterocycles. The molecule has 0 saturated carbocycles. The zero-order valence-corrected chi connectivity index (χ0v) is 9.04. The van der Waals surface area contributed by atoms with Crippen LogP contribution in [0.3, 0.4) is 0 Å². The minimum atomic E-state index is 0.794. The molecular formula is C9H11BrN2O. The van der Waals surface area contributed by atoms with Crippen molar-refractivity contribution >= 4 is 21.7 Å². The highest BCUT2D eigenvalue weighted by atomic mass is 79.9. The molecule has 1 aromatic heterocycles. The summed E-state index contributed by atoms with van der Waals surface area (Å²) in [6.07, 6.45) is 2.87. The first-order chi connectivity index (χ1) is 6.29. The molecule has 1 aliphatic heterocycles. The molecule has 1 saturated heterocycles. The number of hydrogen-bond donors (Lipinski definition) is 0. The Labute approximate surface area is 85.8 Å². The average molecular weight is 243 g/mol. The van der Waals surface area contributed by atoms with E-state index in [1.54, 1.807) is 6.20 Å². The standard InChI is InChI=1S/C9H11BrN2O/c1-7-3-4-11-9(8(7)10)12-5-2-6-13-12/h3-4H,2,5-6H2,1H3. The highest BCUT2D eigenvalue weighted by Gasteiger charge is 2.17. The Morgan fingerprint density at radius 2 is 2.46 bits per heavy atom. The lowest BCUT2D eigenvalue weighted by atomic mass is 10.3. The molecule has 0 N–H and O–H groups in total. The van der Waals surface area contributed by atoms with E-state index in [2.05, 4.69) is 20.9 Å². The Hall–Kier alpha value is -0.610. The molecule has 0 aliphatic carbocycles. The van der Waals surface area contributed by atoms with E-state index in [0.29, 0.717) is 0 Å². The van der Waals surface area contributed by atoms with Gasteiger partial charge < -0.3 is 0 Å². The lowest BCUT2D eigenvalue weighted by Gasteiger charge is -2.16. The van der Waals surface area contributed by atoms with Gasteiger partial charge in [0.1, 0.15) is 0 Å². The second-order valence-electron chi connectivity index (χ2n) is 3.05. The normalized spacial score (nSPS) is 16.6. The summed E-state index contributed by atoms with van der Waals surface area (Å²) in [5, 5.41) is 1.84. The molecule has 0 unspecified atom stereocenters. The number of hydrogen-bond acceptors (Lipinski definition) is 3. The maximum atomic E-state index is 5.42. The summed E-state index contributed by atoms with van der Waals surface area (Å²) >= 11 is 3.51. The Bertz CT molecular complexity index is 310. The van der Waals surface area contributed by atoms with E-state index in [4.69, 9.17) is 4.84 Å². The van der Waals surface area contributed by atoms with Crippen LogP contribution in [-0.2, 0) is 4.84 Å². The van der Waals surface area contributed by atoms with Crippen LogP contribution in [0.4, 0.5) is 5.82 Å². The van der Waals surface area contributed by atoms with Crippen molar-refractivity contribution in [1.29, 1.82) is 0 Å². The molecule has 0 bridgehead atoms. The van der Waals surface area contributed by atoms with Gasteiger partial charge in [-0.25, -0.2) is 10.0 Å². The second-order valence-corrected chi connectivity index (χ2v) is 3.85. The fourth-order valence-corrected chi connectivity index (χ4v) is 1.75. The van der Waals surface area contributed by atoms with Crippen LogP contribution in [-0.4, -0.2) is 18.1 Å². The minimum Gasteiger partial charge on any atom is -0.272 e. The summed E-state index contributed by atoms with van der Waals surface area (Å²) in [5.41, 5.74) is 1.18. The van der Waals surface area contributed by atoms with Crippen LogP contribution in [0.1, 0.15) is 12.0 Å². The van der Waals surface area contributed by atoms with Crippen molar-refractivity contribution in [3.05, 3.63) is 22.3 Å². The van der Waals surface area contributed by atoms with Crippen molar-refractivity contribution in [3.63, 3.8) is 0 Å². The number of halogens is 1. The first kappa shape index (κ1) is 8.97. The van der Waals surface area contributed by atoms with Gasteiger partial charge in [-0.15, -0.1) is 0 Å². The van der Waals surface area contributed by atoms with Crippen molar-refractivity contribution in [3.8, 4) is 0 Å². The first-order valence-electron chi connectivity index (χ1n) is 4.30. The zero-order chi connectivity index (χ0) is 9.26. The molecule has 13 heavy (non-hydrogen) atoms. The third kappa shape index (κ3) is 1.69. The zero-order valence-electron chi connectivity index (χ0n) is 7.46. The molecule has 0 atom stereocenters. The molecule has 1 aromatic rings. The number of hydroxylamine groups is 1. The summed E-state index contributed by atoms with van der Waals surface area (Å²) in [4.78, 5) is 9.69. The van der Waals surface area contributed by atoms with Crippen LogP contribution in [0.5, 0.6) is 0 Å². The van der Waals surface area contributed by atoms with Crippen LogP contribution in [0.15, 0.2) is 16.7 Å². The minimum absolute atomic E-state index is 0.794. The van der Waals surface area contributed by atoms with Gasteiger partial charge in [0.15, 0.2) is 5.82 Å². The maximum Gasteiger partial charge on any atom is 0.167 e. The van der Waals surface area contributed by atoms with Gasteiger partial charge in [-0.3, -0.25) is 4.84 Å². The summed E-state index contributed by atoms with van der Waals surface area (Å²) in [5.74, 6) is 0.887. The quantitative estimate of drug-likeness (QED) is 0.756. The average Bonchev–Trinajstić information content (AvgIpc) is 2.62. The maximum absolute atomic E-state index is 5.42. The van der Waals surface area contributed by atoms with Crippen molar-refractivity contribution in [2.24, 2.45) is 0 Å². The number of aromatic nitrogens is 1. The van der Waals surface area contributed by atoms with Crippen LogP contribution >= 0.6 is 15.9 Å². The van der Waals surface area contributed by atoms with Crippen LogP contribution in [0.25, 0.3) is 0 Å². The monoisotopic (exact) mass is 242 g/mol. The van der Waals surface area contributed by atoms with Crippen molar-refractivity contribution in [2.75, 3.05) is 18.2 Å². The Morgan fingerprint density at radius 3 is 3.15 bits per heavy atom. The predicted octanol–water partition coefficient (Wildman–Crippen LogP) is 2.29. The van der Waals surface area contributed by atoms with E-state index >= 15 is 0 Å². The smallest absolute Gasteiger partial charge is 0.167 e. The van der Waals surface area contributed by atoms with E-state index in [1.165, 1.54) is 5.56 Å². The van der Waals surface area contributed by atoms with E-state index in [9.17, 15) is 0 Å². The van der Waals surface area contributed by atoms with Gasteiger partial charge in [-0.2, -0.15) is 0 Å². The highest BCUT2D eigenvalue weighted by Crippen LogP contribution is 2.28. The topological polar surface area (TPSA) is 25.4 Å². The Morgan fingerprint density at radius 1 is 1.62 bits per heavy atom. The summed E-state index contributed by atoms with van der Waals surface area (Å²) < 4.78 is 1.02. The van der Waals surface area contributed by atoms with Gasteiger partial charge >= 0.3 is 0 Å². The largest absolute Gasteiger partial charge is 0.272 e. The molecule has 0 amide bonds. The van der Waals surface area contributed by atoms with Gasteiger partial charge in [0, 0.05) is 12.7 Å². The Kier molecular flexibility index (Phi) is 2.51. The molecule has 4 heteroatoms. The van der Waals surface area contributed by atoms with E-state index in [1.807, 2.05) is 18.1 Å². The number of aryl methyl sites for hydroxylation is 1. The number of pyridine rings is 1. The molecular weight excluding hydrogens is 232 g/mol. The first-order valence-corrected chi connectivity index (χ1v) is 5.10. The molecule has 3 nitrogen and oxygen atoms in total. The fraction of sp³-hybridized carbons (Fsp3) is 0.444. The number of nitrogens with zero attached hydrogens (tertiary/aromatic N) is 2. The van der Waals surface area contributed by atoms with Gasteiger partial charge in [0.05, 0.1) is 11.1 Å². The fourth-order valence-electron chi connectivity index (χ4n) is 1.31. The SMILES string of the molecule is Cc1ccnc(N2CCCO2)c1Br. The second kappa shape index (κ2) is 3.64. The van der Waals surface area contributed by atoms with Gasteiger partial charge in [-0.05, 0) is 40.9 Å². The van der Waals surface area contributed by atoms with Crippen molar-refractivity contribution in [1.82, 2.24) is 4.98 Å². The van der Waals surface area contributed by atoms with E-state index in [0.717, 1.165) is 29.9 Å². The van der Waals surface area contributed by atoms with Crippen LogP contribution < -0.4 is 5.06 Å². The lowest BCUT2D eigenvalue weighted by Crippen LogP contribution is -2.18. The van der Waals surface area contributed by atoms with Crippen LogP contribution in [0.2, 0.25) is 0 Å². The van der Waals surface area contributed by atoms with Gasteiger partial charge in [-0.1, -0.05) is 0 Å². The summed E-state index contributed by atoms with van der Waals surface area (Å²) in [6, 6.07) is 1.98. The van der Waals surface area contributed by atoms with E-state index in [-0.39, 0.29) is 0 Å². The third-order valence-electron chi connectivity index (χ3n) is 2.05. The highest BCUT2D eigenvalue weighted by molar-refractivity contribution is 9.10. The molecule has 0 radical (unpaired) electrons. The third-order valence-corrected chi connectivity index (χ3v) is 3.03. The summed E-state index contributed by atoms with van der Waals surface area (Å²) in [7, 11) is 0. The molecule has 70 valence electrons. The molecule has 0 aromatic carbocycles. The predicted molar refractivity (Wildman–Crippen MR) is 54.6 cm³/mol. The Balaban J connectivity index is 2.33. The number of anilines is 1. The molecule has 1 fully saturated rings. The summed E-state index contributed by atoms with van der Waals surface area (Å²) in [6.45, 7) is 3.77. The van der Waals surface area contributed by atoms with Crippen molar-refractivity contribution in [2.45, 2.75) is 13.3 Å².